The molecule has 1 amide bonds. The van der Waals surface area contributed by atoms with E-state index in [9.17, 15) is 13.2 Å². The molecule has 148 valence electrons. The molecule has 27 heavy (non-hydrogen) atoms. The van der Waals surface area contributed by atoms with Crippen molar-refractivity contribution in [3.8, 4) is 5.75 Å². The van der Waals surface area contributed by atoms with Crippen LogP contribution < -0.4 is 14.4 Å². The summed E-state index contributed by atoms with van der Waals surface area (Å²) in [5, 5.41) is 10.9. The van der Waals surface area contributed by atoms with Crippen molar-refractivity contribution < 1.29 is 17.9 Å². The van der Waals surface area contributed by atoms with Gasteiger partial charge in [0.15, 0.2) is 4.34 Å². The third-order valence-corrected chi connectivity index (χ3v) is 6.52. The molecule has 0 bridgehead atoms. The smallest absolute Gasteiger partial charge is 0.246 e. The van der Waals surface area contributed by atoms with Gasteiger partial charge in [-0.05, 0) is 37.6 Å². The minimum Gasteiger partial charge on any atom is -0.494 e. The number of hydrogen-bond donors (Lipinski definition) is 1. The molecule has 1 N–H and O–H groups in total. The number of nitrogens with one attached hydrogen (secondary N) is 1. The van der Waals surface area contributed by atoms with Crippen molar-refractivity contribution in [3.63, 3.8) is 0 Å². The lowest BCUT2D eigenvalue weighted by Crippen LogP contribution is -2.37. The highest BCUT2D eigenvalue weighted by Gasteiger charge is 2.21. The van der Waals surface area contributed by atoms with Crippen molar-refractivity contribution in [3.05, 3.63) is 24.3 Å². The van der Waals surface area contributed by atoms with Crippen molar-refractivity contribution in [1.29, 1.82) is 0 Å². The molecule has 0 fully saturated rings. The van der Waals surface area contributed by atoms with Crippen LogP contribution in [0.25, 0.3) is 0 Å². The molecule has 0 unspecified atom stereocenters. The van der Waals surface area contributed by atoms with E-state index in [4.69, 9.17) is 4.74 Å². The summed E-state index contributed by atoms with van der Waals surface area (Å²) in [4.78, 5) is 12.3. The zero-order valence-electron chi connectivity index (χ0n) is 15.3. The zero-order valence-corrected chi connectivity index (χ0v) is 17.8. The second-order valence-electron chi connectivity index (χ2n) is 5.47. The van der Waals surface area contributed by atoms with Gasteiger partial charge in [-0.1, -0.05) is 30.0 Å². The minimum atomic E-state index is -3.64. The summed E-state index contributed by atoms with van der Waals surface area (Å²) >= 11 is 2.83. The molecule has 0 aliphatic heterocycles. The molecule has 1 aromatic carbocycles. The van der Waals surface area contributed by atoms with Crippen molar-refractivity contribution in [1.82, 2.24) is 10.2 Å². The first kappa shape index (κ1) is 21.5. The molecular formula is C16H22N4O4S3. The Morgan fingerprint density at radius 1 is 1.26 bits per heavy atom. The van der Waals surface area contributed by atoms with E-state index in [0.29, 0.717) is 23.2 Å². The standard InChI is InChI=1S/C16H22N4O4S3/c1-4-10-25-16-19-18-15(26-16)17-14(21)11-20(27(3,22)23)12-6-8-13(9-7-12)24-5-2/h6-9H,4-5,10-11H2,1-3H3,(H,17,18,21). The summed E-state index contributed by atoms with van der Waals surface area (Å²) < 4.78 is 31.4. The zero-order chi connectivity index (χ0) is 19.9. The summed E-state index contributed by atoms with van der Waals surface area (Å²) in [5.74, 6) is 1.06. The second-order valence-corrected chi connectivity index (χ2v) is 9.69. The molecule has 1 heterocycles. The maximum atomic E-state index is 12.3. The predicted molar refractivity (Wildman–Crippen MR) is 109 cm³/mol. The fraction of sp³-hybridized carbons (Fsp3) is 0.438. The number of carbonyl (C=O) groups excluding carboxylic acids is 1. The van der Waals surface area contributed by atoms with E-state index in [1.54, 1.807) is 36.0 Å². The molecule has 8 nitrogen and oxygen atoms in total. The molecule has 0 aliphatic carbocycles. The Balaban J connectivity index is 2.07. The maximum Gasteiger partial charge on any atom is 0.246 e. The molecule has 2 aromatic rings. The maximum absolute atomic E-state index is 12.3. The number of sulfonamides is 1. The number of thioether (sulfide) groups is 1. The predicted octanol–water partition coefficient (Wildman–Crippen LogP) is 2.84. The third kappa shape index (κ3) is 6.67. The SMILES string of the molecule is CCCSc1nnc(NC(=O)CN(c2ccc(OCC)cc2)S(C)(=O)=O)s1. The van der Waals surface area contributed by atoms with Gasteiger partial charge < -0.3 is 4.74 Å². The van der Waals surface area contributed by atoms with E-state index in [1.165, 1.54) is 11.3 Å². The van der Waals surface area contributed by atoms with Crippen molar-refractivity contribution in [2.45, 2.75) is 24.6 Å². The van der Waals surface area contributed by atoms with E-state index < -0.39 is 15.9 Å². The van der Waals surface area contributed by atoms with Gasteiger partial charge in [-0.25, -0.2) is 8.42 Å². The molecule has 0 radical (unpaired) electrons. The lowest BCUT2D eigenvalue weighted by Gasteiger charge is -2.21. The number of carbonyl (C=O) groups is 1. The van der Waals surface area contributed by atoms with E-state index >= 15 is 0 Å². The molecule has 11 heteroatoms. The quantitative estimate of drug-likeness (QED) is 0.457. The van der Waals surface area contributed by atoms with Gasteiger partial charge in [0.1, 0.15) is 12.3 Å². The molecule has 0 aliphatic rings. The van der Waals surface area contributed by atoms with Gasteiger partial charge in [-0.2, -0.15) is 0 Å². The molecule has 0 spiro atoms. The van der Waals surface area contributed by atoms with Crippen LogP contribution in [-0.2, 0) is 14.8 Å². The number of nitrogens with zero attached hydrogens (tertiary/aromatic N) is 3. The van der Waals surface area contributed by atoms with E-state index in [0.717, 1.165) is 27.1 Å². The minimum absolute atomic E-state index is 0.346. The van der Waals surface area contributed by atoms with Crippen molar-refractivity contribution in [2.24, 2.45) is 0 Å². The fourth-order valence-corrected chi connectivity index (χ4v) is 4.62. The Hall–Kier alpha value is -1.85. The van der Waals surface area contributed by atoms with Crippen molar-refractivity contribution in [2.75, 3.05) is 34.8 Å². The first-order valence-electron chi connectivity index (χ1n) is 8.30. The van der Waals surface area contributed by atoms with Gasteiger partial charge >= 0.3 is 0 Å². The van der Waals surface area contributed by atoms with Crippen LogP contribution in [0.3, 0.4) is 0 Å². The number of hydrogen-bond acceptors (Lipinski definition) is 8. The van der Waals surface area contributed by atoms with Gasteiger partial charge in [0, 0.05) is 5.75 Å². The monoisotopic (exact) mass is 430 g/mol. The number of benzene rings is 1. The number of anilines is 2. The van der Waals surface area contributed by atoms with Crippen molar-refractivity contribution >= 4 is 49.8 Å². The molecular weight excluding hydrogens is 408 g/mol. The highest BCUT2D eigenvalue weighted by Crippen LogP contribution is 2.26. The number of rotatable bonds is 10. The normalized spacial score (nSPS) is 11.2. The van der Waals surface area contributed by atoms with E-state index in [2.05, 4.69) is 22.4 Å². The topological polar surface area (TPSA) is 101 Å². The Morgan fingerprint density at radius 2 is 1.96 bits per heavy atom. The second kappa shape index (κ2) is 9.90. The van der Waals surface area contributed by atoms with E-state index in [1.807, 2.05) is 6.92 Å². The van der Waals surface area contributed by atoms with Crippen LogP contribution in [0.1, 0.15) is 20.3 Å². The van der Waals surface area contributed by atoms with Crippen LogP contribution in [0.5, 0.6) is 5.75 Å². The lowest BCUT2D eigenvalue weighted by molar-refractivity contribution is -0.114. The summed E-state index contributed by atoms with van der Waals surface area (Å²) in [5.41, 5.74) is 0.382. The average Bonchev–Trinajstić information content (AvgIpc) is 3.05. The van der Waals surface area contributed by atoms with Gasteiger partial charge in [-0.3, -0.25) is 14.4 Å². The van der Waals surface area contributed by atoms with Crippen LogP contribution in [0.4, 0.5) is 10.8 Å². The number of ether oxygens (including phenoxy) is 1. The Bertz CT molecular complexity index is 853. The van der Waals surface area contributed by atoms with E-state index in [-0.39, 0.29) is 6.54 Å². The highest BCUT2D eigenvalue weighted by molar-refractivity contribution is 8.01. The van der Waals surface area contributed by atoms with Crippen LogP contribution in [0, 0.1) is 0 Å². The molecule has 0 saturated heterocycles. The van der Waals surface area contributed by atoms with Gasteiger partial charge in [0.2, 0.25) is 21.1 Å². The van der Waals surface area contributed by atoms with Gasteiger partial charge in [-0.15, -0.1) is 10.2 Å². The average molecular weight is 431 g/mol. The number of aromatic nitrogens is 2. The third-order valence-electron chi connectivity index (χ3n) is 3.21. The Kier molecular flexibility index (Phi) is 7.87. The molecule has 2 rings (SSSR count). The number of amides is 1. The summed E-state index contributed by atoms with van der Waals surface area (Å²) in [6.07, 6.45) is 2.07. The first-order valence-corrected chi connectivity index (χ1v) is 11.9. The lowest BCUT2D eigenvalue weighted by atomic mass is 10.3. The van der Waals surface area contributed by atoms with Gasteiger partial charge in [0.05, 0.1) is 18.6 Å². The molecule has 0 saturated carbocycles. The van der Waals surface area contributed by atoms with Crippen LogP contribution >= 0.6 is 23.1 Å². The largest absolute Gasteiger partial charge is 0.494 e. The van der Waals surface area contributed by atoms with Crippen LogP contribution in [0.15, 0.2) is 28.6 Å². The van der Waals surface area contributed by atoms with Gasteiger partial charge in [0.25, 0.3) is 0 Å². The summed E-state index contributed by atoms with van der Waals surface area (Å²) in [7, 11) is -3.64. The Labute approximate surface area is 167 Å². The molecule has 0 atom stereocenters. The van der Waals surface area contributed by atoms with Crippen LogP contribution in [0.2, 0.25) is 0 Å². The summed E-state index contributed by atoms with van der Waals surface area (Å²) in [6, 6.07) is 6.53. The van der Waals surface area contributed by atoms with Crippen LogP contribution in [-0.4, -0.2) is 49.7 Å². The first-order chi connectivity index (χ1) is 12.8. The summed E-state index contributed by atoms with van der Waals surface area (Å²) in [6.45, 7) is 4.08. The fourth-order valence-electron chi connectivity index (χ4n) is 2.07. The highest BCUT2D eigenvalue weighted by atomic mass is 32.2. The molecule has 1 aromatic heterocycles. The Morgan fingerprint density at radius 3 is 2.56 bits per heavy atom.